The van der Waals surface area contributed by atoms with Crippen LogP contribution in [0.1, 0.15) is 53.0 Å². The van der Waals surface area contributed by atoms with Gasteiger partial charge in [0, 0.05) is 30.5 Å². The largest absolute Gasteiger partial charge is 0.744 e. The monoisotopic (exact) mass is 586 g/mol. The van der Waals surface area contributed by atoms with E-state index in [1.807, 2.05) is 18.3 Å². The van der Waals surface area contributed by atoms with Crippen LogP contribution in [0.25, 0.3) is 0 Å². The summed E-state index contributed by atoms with van der Waals surface area (Å²) >= 11 is 6.58. The van der Waals surface area contributed by atoms with Crippen LogP contribution in [0.15, 0.2) is 29.2 Å². The van der Waals surface area contributed by atoms with Gasteiger partial charge in [0.25, 0.3) is 0 Å². The molecule has 1 aromatic rings. The molecule has 216 valence electrons. The van der Waals surface area contributed by atoms with Crippen molar-refractivity contribution in [3.8, 4) is 0 Å². The Bertz CT molecular complexity index is 1000. The van der Waals surface area contributed by atoms with E-state index in [1.165, 1.54) is 12.1 Å². The second kappa shape index (κ2) is 15.5. The van der Waals surface area contributed by atoms with Gasteiger partial charge in [0.1, 0.15) is 16.7 Å². The Morgan fingerprint density at radius 2 is 1.43 bits per heavy atom. The van der Waals surface area contributed by atoms with Gasteiger partial charge in [0.05, 0.1) is 44.9 Å². The van der Waals surface area contributed by atoms with Crippen LogP contribution in [0.3, 0.4) is 0 Å². The van der Waals surface area contributed by atoms with Gasteiger partial charge >= 0.3 is 10.6 Å². The lowest BCUT2D eigenvalue weighted by Crippen LogP contribution is -2.64. The van der Waals surface area contributed by atoms with Gasteiger partial charge in [0.2, 0.25) is 0 Å². The number of aryl methyl sites for hydroxylation is 1. The molecule has 10 nitrogen and oxygen atoms in total. The number of benzene rings is 1. The van der Waals surface area contributed by atoms with Crippen LogP contribution in [0, 0.1) is 6.92 Å². The zero-order valence-corrected chi connectivity index (χ0v) is 25.6. The molecule has 2 rings (SSSR count). The number of quaternary nitrogens is 1. The lowest BCUT2D eigenvalue weighted by Gasteiger charge is -2.54. The molecule has 0 aliphatic carbocycles. The van der Waals surface area contributed by atoms with Crippen LogP contribution < -0.4 is 0 Å². The minimum absolute atomic E-state index is 0.0132. The average Bonchev–Trinajstić information content (AvgIpc) is 2.74. The summed E-state index contributed by atoms with van der Waals surface area (Å²) in [5.41, 5.74) is 0.955. The Balaban J connectivity index is 0.000000713. The molecule has 1 aromatic carbocycles. The minimum Gasteiger partial charge on any atom is -0.744 e. The number of likely N-dealkylation sites (N-methyl/N-ethyl adjacent to an activating group) is 1. The predicted octanol–water partition coefficient (Wildman–Crippen LogP) is 3.19. The molecule has 1 fully saturated rings. The van der Waals surface area contributed by atoms with E-state index in [4.69, 9.17) is 33.9 Å². The maximum absolute atomic E-state index is 10.4. The van der Waals surface area contributed by atoms with E-state index < -0.39 is 20.7 Å². The van der Waals surface area contributed by atoms with E-state index in [1.54, 1.807) is 12.1 Å². The lowest BCUT2D eigenvalue weighted by molar-refractivity contribution is -0.918. The number of hydrogen-bond acceptors (Lipinski definition) is 9. The number of nitrogens with zero attached hydrogens (tertiary/aromatic N) is 2. The van der Waals surface area contributed by atoms with Crippen LogP contribution in [-0.2, 0) is 30.2 Å². The predicted molar refractivity (Wildman–Crippen MR) is 142 cm³/mol. The highest BCUT2D eigenvalue weighted by Crippen LogP contribution is 2.42. The molecule has 0 atom stereocenters. The Labute approximate surface area is 229 Å². The van der Waals surface area contributed by atoms with Crippen LogP contribution in [0.4, 0.5) is 0 Å². The summed E-state index contributed by atoms with van der Waals surface area (Å²) in [7, 11) is -2.76. The van der Waals surface area contributed by atoms with Crippen molar-refractivity contribution in [2.24, 2.45) is 0 Å². The molecule has 13 heteroatoms. The van der Waals surface area contributed by atoms with Gasteiger partial charge in [-0.1, -0.05) is 17.7 Å². The first-order valence-corrected chi connectivity index (χ1v) is 14.7. The van der Waals surface area contributed by atoms with Crippen molar-refractivity contribution < 1.29 is 39.6 Å². The zero-order valence-electron chi connectivity index (χ0n) is 23.2. The van der Waals surface area contributed by atoms with Crippen molar-refractivity contribution >= 4 is 32.5 Å². The van der Waals surface area contributed by atoms with Gasteiger partial charge in [0.15, 0.2) is 0 Å². The summed E-state index contributed by atoms with van der Waals surface area (Å²) in [5, 5.41) is 0. The topological polar surface area (TPSA) is 130 Å². The molecule has 37 heavy (non-hydrogen) atoms. The van der Waals surface area contributed by atoms with E-state index in [-0.39, 0.29) is 16.0 Å². The average molecular weight is 587 g/mol. The standard InChI is InChI=1S/C17H36ClN2O2.C7H8O3S.O3S/c1-8-21-11-12-22-10-9-20(6,7)15-13-16(2,3)19(18)17(4,5)14-15;1-6-2-4-7(5-3-6)11(8,9)10;1-4(2)3/h15H,8-14H2,1-7H3;2-5H,1H3,(H,8,9,10);/q+1;;/p-1. The van der Waals surface area contributed by atoms with Crippen molar-refractivity contribution in [1.82, 2.24) is 4.42 Å². The smallest absolute Gasteiger partial charge is 0.425 e. The molecule has 0 aromatic heterocycles. The Morgan fingerprint density at radius 3 is 1.84 bits per heavy atom. The molecule has 1 heterocycles. The lowest BCUT2D eigenvalue weighted by atomic mass is 9.78. The first kappa shape index (κ1) is 35.9. The van der Waals surface area contributed by atoms with Crippen LogP contribution in [-0.4, -0.2) is 98.7 Å². The van der Waals surface area contributed by atoms with Crippen molar-refractivity contribution in [2.75, 3.05) is 47.1 Å². The molecule has 1 aliphatic heterocycles. The minimum atomic E-state index is -4.27. The number of ether oxygens (including phenoxy) is 2. The van der Waals surface area contributed by atoms with E-state index in [2.05, 4.69) is 41.8 Å². The Kier molecular flexibility index (Phi) is 15.0. The highest BCUT2D eigenvalue weighted by molar-refractivity contribution is 7.85. The molecule has 1 saturated heterocycles. The van der Waals surface area contributed by atoms with Crippen molar-refractivity contribution in [3.05, 3.63) is 29.8 Å². The third-order valence-electron chi connectivity index (χ3n) is 6.22. The fourth-order valence-electron chi connectivity index (χ4n) is 4.25. The Morgan fingerprint density at radius 1 is 1.00 bits per heavy atom. The van der Waals surface area contributed by atoms with Crippen molar-refractivity contribution in [1.29, 1.82) is 0 Å². The van der Waals surface area contributed by atoms with Gasteiger partial charge in [-0.2, -0.15) is 0 Å². The first-order chi connectivity index (χ1) is 16.8. The molecule has 0 unspecified atom stereocenters. The molecule has 0 amide bonds. The quantitative estimate of drug-likeness (QED) is 0.185. The summed E-state index contributed by atoms with van der Waals surface area (Å²) in [4.78, 5) is -0.178. The van der Waals surface area contributed by atoms with Crippen LogP contribution in [0.2, 0.25) is 0 Å². The molecule has 0 N–H and O–H groups in total. The maximum atomic E-state index is 10.4. The summed E-state index contributed by atoms with van der Waals surface area (Å²) in [6.45, 7) is 16.7. The van der Waals surface area contributed by atoms with Gasteiger partial charge < -0.3 is 18.5 Å². The van der Waals surface area contributed by atoms with Crippen LogP contribution in [0.5, 0.6) is 0 Å². The first-order valence-electron chi connectivity index (χ1n) is 12.0. The molecule has 0 radical (unpaired) electrons. The van der Waals surface area contributed by atoms with E-state index in [0.29, 0.717) is 19.3 Å². The molecule has 1 aliphatic rings. The summed E-state index contributed by atoms with van der Waals surface area (Å²) < 4.78 is 70.5. The SMILES string of the molecule is CCOCCOCC[N+](C)(C)C1CC(C)(C)N(Cl)C(C)(C)C1.Cc1ccc(S(=O)(=O)[O-])cc1.O=S(=O)=O. The fraction of sp³-hybridized carbons (Fsp3) is 0.750. The second-order valence-corrected chi connectivity index (χ2v) is 12.9. The summed E-state index contributed by atoms with van der Waals surface area (Å²) in [6, 6.07) is 6.38. The van der Waals surface area contributed by atoms with Crippen molar-refractivity contribution in [3.63, 3.8) is 0 Å². The molecular weight excluding hydrogens is 544 g/mol. The molecule has 0 bridgehead atoms. The van der Waals surface area contributed by atoms with Crippen molar-refractivity contribution in [2.45, 2.75) is 76.4 Å². The summed E-state index contributed by atoms with van der Waals surface area (Å²) in [5.74, 6) is 0. The van der Waals surface area contributed by atoms with E-state index in [0.717, 1.165) is 42.6 Å². The van der Waals surface area contributed by atoms with Gasteiger partial charge in [-0.3, -0.25) is 0 Å². The third-order valence-corrected chi connectivity index (χ3v) is 7.98. The van der Waals surface area contributed by atoms with Crippen LogP contribution >= 0.6 is 11.8 Å². The van der Waals surface area contributed by atoms with E-state index >= 15 is 0 Å². The number of hydrogen-bond donors (Lipinski definition) is 0. The van der Waals surface area contributed by atoms with E-state index in [9.17, 15) is 13.0 Å². The number of rotatable bonds is 9. The normalized spacial score (nSPS) is 17.7. The molecule has 0 saturated carbocycles. The third kappa shape index (κ3) is 14.0. The zero-order chi connectivity index (χ0) is 29.1. The highest BCUT2D eigenvalue weighted by Gasteiger charge is 2.49. The summed E-state index contributed by atoms with van der Waals surface area (Å²) in [6.07, 6.45) is 2.21. The maximum Gasteiger partial charge on any atom is 0.425 e. The number of halogens is 1. The molecular formula is C24H43ClN2O8S2. The number of piperidine rings is 1. The fourth-order valence-corrected chi connectivity index (χ4v) is 4.86. The molecule has 0 spiro atoms. The second-order valence-electron chi connectivity index (χ2n) is 10.8. The highest BCUT2D eigenvalue weighted by atomic mass is 35.5. The Hall–Kier alpha value is -1.12. The van der Waals surface area contributed by atoms with Gasteiger partial charge in [-0.25, -0.2) is 12.8 Å². The van der Waals surface area contributed by atoms with Gasteiger partial charge in [-0.15, -0.1) is 12.6 Å². The van der Waals surface area contributed by atoms with Gasteiger partial charge in [-0.05, 0) is 65.5 Å².